The molecule has 3 nitrogen and oxygen atoms in total. The summed E-state index contributed by atoms with van der Waals surface area (Å²) in [6, 6.07) is 69.1. The molecular formula is C55H38N2O. The summed E-state index contributed by atoms with van der Waals surface area (Å²) in [5, 5.41) is 2.22. The number of hydrogen-bond donors (Lipinski definition) is 0. The van der Waals surface area contributed by atoms with Crippen LogP contribution >= 0.6 is 0 Å². The number of benzene rings is 8. The summed E-state index contributed by atoms with van der Waals surface area (Å²) in [6.07, 6.45) is 0. The number of para-hydroxylation sites is 1. The maximum absolute atomic E-state index is 6.21. The SMILES string of the molecule is CC1(C)c2ccccc2-c2cc(-c3ccccc3-c3cc(-c4cc(-c5ccccc5)cc(-c5ccc6oc7ccccc7c6c5)c4)nc(-c4ccccc4)n3)ccc21. The monoisotopic (exact) mass is 742 g/mol. The van der Waals surface area contributed by atoms with Crippen molar-refractivity contribution < 1.29 is 4.42 Å². The third-order valence-electron chi connectivity index (χ3n) is 11.9. The van der Waals surface area contributed by atoms with E-state index in [1.807, 2.05) is 30.3 Å². The lowest BCUT2D eigenvalue weighted by atomic mass is 9.82. The highest BCUT2D eigenvalue weighted by molar-refractivity contribution is 6.06. The van der Waals surface area contributed by atoms with Crippen LogP contribution in [0.5, 0.6) is 0 Å². The predicted octanol–water partition coefficient (Wildman–Crippen LogP) is 14.7. The van der Waals surface area contributed by atoms with Crippen molar-refractivity contribution >= 4 is 21.9 Å². The first-order chi connectivity index (χ1) is 28.5. The van der Waals surface area contributed by atoms with Crippen molar-refractivity contribution in [1.82, 2.24) is 9.97 Å². The fraction of sp³-hybridized carbons (Fsp3) is 0.0545. The maximum Gasteiger partial charge on any atom is 0.160 e. The summed E-state index contributed by atoms with van der Waals surface area (Å²) in [6.45, 7) is 4.66. The summed E-state index contributed by atoms with van der Waals surface area (Å²) in [5.74, 6) is 0.686. The molecule has 8 aromatic carbocycles. The van der Waals surface area contributed by atoms with Gasteiger partial charge in [0, 0.05) is 32.9 Å². The van der Waals surface area contributed by atoms with Crippen molar-refractivity contribution in [1.29, 1.82) is 0 Å². The quantitative estimate of drug-likeness (QED) is 0.170. The van der Waals surface area contributed by atoms with Crippen LogP contribution in [0.2, 0.25) is 0 Å². The minimum Gasteiger partial charge on any atom is -0.456 e. The van der Waals surface area contributed by atoms with E-state index >= 15 is 0 Å². The Labute approximate surface area is 338 Å². The second kappa shape index (κ2) is 13.4. The van der Waals surface area contributed by atoms with Gasteiger partial charge in [0.25, 0.3) is 0 Å². The van der Waals surface area contributed by atoms with E-state index in [0.29, 0.717) is 5.82 Å². The summed E-state index contributed by atoms with van der Waals surface area (Å²) < 4.78 is 6.21. The number of aromatic nitrogens is 2. The molecule has 0 saturated heterocycles. The molecule has 0 saturated carbocycles. The molecule has 1 aliphatic rings. The topological polar surface area (TPSA) is 38.9 Å². The molecule has 10 aromatic rings. The van der Waals surface area contributed by atoms with Gasteiger partial charge in [0.15, 0.2) is 5.82 Å². The molecule has 11 rings (SSSR count). The van der Waals surface area contributed by atoms with Crippen LogP contribution in [-0.4, -0.2) is 9.97 Å². The first kappa shape index (κ1) is 33.9. The lowest BCUT2D eigenvalue weighted by Gasteiger charge is -2.21. The van der Waals surface area contributed by atoms with E-state index in [9.17, 15) is 0 Å². The molecule has 0 bridgehead atoms. The molecule has 58 heavy (non-hydrogen) atoms. The van der Waals surface area contributed by atoms with Crippen LogP contribution in [0.4, 0.5) is 0 Å². The number of furan rings is 1. The molecule has 1 aliphatic carbocycles. The molecule has 274 valence electrons. The van der Waals surface area contributed by atoms with Gasteiger partial charge in [-0.1, -0.05) is 159 Å². The average molecular weight is 743 g/mol. The van der Waals surface area contributed by atoms with E-state index in [-0.39, 0.29) is 5.41 Å². The standard InChI is InChI=1S/C55H38N2O/c1-55(2)48-23-13-11-20-43(48)46-33-38(25-27-49(46)55)42-19-9-10-21-44(42)51-34-50(56-54(57-51)36-17-7-4-8-18-36)41-30-39(35-15-5-3-6-16-35)29-40(31-41)37-26-28-53-47(32-37)45-22-12-14-24-52(45)58-53/h3-34H,1-2H3. The van der Waals surface area contributed by atoms with Crippen LogP contribution in [0.3, 0.4) is 0 Å². The minimum atomic E-state index is -0.0542. The van der Waals surface area contributed by atoms with Gasteiger partial charge in [0.05, 0.1) is 11.4 Å². The smallest absolute Gasteiger partial charge is 0.160 e. The Morgan fingerprint density at radius 1 is 0.345 bits per heavy atom. The molecule has 0 spiro atoms. The summed E-state index contributed by atoms with van der Waals surface area (Å²) in [7, 11) is 0. The van der Waals surface area contributed by atoms with Crippen molar-refractivity contribution in [3.8, 4) is 78.4 Å². The number of nitrogens with zero attached hydrogens (tertiary/aromatic N) is 2. The van der Waals surface area contributed by atoms with Crippen LogP contribution in [-0.2, 0) is 5.41 Å². The minimum absolute atomic E-state index is 0.0542. The summed E-state index contributed by atoms with van der Waals surface area (Å²) in [4.78, 5) is 10.6. The zero-order valence-corrected chi connectivity index (χ0v) is 32.3. The number of fused-ring (bicyclic) bond motifs is 6. The lowest BCUT2D eigenvalue weighted by molar-refractivity contribution is 0.660. The molecular weight excluding hydrogens is 705 g/mol. The van der Waals surface area contributed by atoms with Crippen LogP contribution in [0.1, 0.15) is 25.0 Å². The van der Waals surface area contributed by atoms with Gasteiger partial charge in [0.2, 0.25) is 0 Å². The fourth-order valence-electron chi connectivity index (χ4n) is 8.94. The van der Waals surface area contributed by atoms with Crippen molar-refractivity contribution in [2.75, 3.05) is 0 Å². The molecule has 0 amide bonds. The van der Waals surface area contributed by atoms with Gasteiger partial charge >= 0.3 is 0 Å². The zero-order chi connectivity index (χ0) is 38.8. The molecule has 0 unspecified atom stereocenters. The Balaban J connectivity index is 1.10. The molecule has 0 aliphatic heterocycles. The van der Waals surface area contributed by atoms with E-state index in [1.165, 1.54) is 27.8 Å². The third-order valence-corrected chi connectivity index (χ3v) is 11.9. The highest BCUT2D eigenvalue weighted by Crippen LogP contribution is 2.50. The van der Waals surface area contributed by atoms with E-state index < -0.39 is 0 Å². The molecule has 2 heterocycles. The van der Waals surface area contributed by atoms with Gasteiger partial charge < -0.3 is 4.42 Å². The summed E-state index contributed by atoms with van der Waals surface area (Å²) in [5.41, 5.74) is 18.6. The average Bonchev–Trinajstić information content (AvgIpc) is 3.77. The largest absolute Gasteiger partial charge is 0.456 e. The molecule has 0 N–H and O–H groups in total. The van der Waals surface area contributed by atoms with Crippen LogP contribution in [0.15, 0.2) is 199 Å². The van der Waals surface area contributed by atoms with E-state index in [4.69, 9.17) is 14.4 Å². The fourth-order valence-corrected chi connectivity index (χ4v) is 8.94. The molecule has 0 atom stereocenters. The Hall–Kier alpha value is -7.36. The zero-order valence-electron chi connectivity index (χ0n) is 32.3. The van der Waals surface area contributed by atoms with Crippen molar-refractivity contribution in [2.24, 2.45) is 0 Å². The number of hydrogen-bond acceptors (Lipinski definition) is 3. The third kappa shape index (κ3) is 5.66. The Kier molecular flexibility index (Phi) is 7.84. The normalized spacial score (nSPS) is 12.8. The van der Waals surface area contributed by atoms with E-state index in [1.54, 1.807) is 0 Å². The van der Waals surface area contributed by atoms with Crippen LogP contribution in [0.25, 0.3) is 100 Å². The Morgan fingerprint density at radius 3 is 1.74 bits per heavy atom. The van der Waals surface area contributed by atoms with Gasteiger partial charge in [-0.05, 0) is 104 Å². The maximum atomic E-state index is 6.21. The molecule has 0 fully saturated rings. The molecule has 3 heteroatoms. The van der Waals surface area contributed by atoms with Gasteiger partial charge in [0.1, 0.15) is 11.2 Å². The highest BCUT2D eigenvalue weighted by Gasteiger charge is 2.35. The molecule has 0 radical (unpaired) electrons. The van der Waals surface area contributed by atoms with Gasteiger partial charge in [-0.3, -0.25) is 0 Å². The van der Waals surface area contributed by atoms with Crippen LogP contribution < -0.4 is 0 Å². The lowest BCUT2D eigenvalue weighted by Crippen LogP contribution is -2.14. The van der Waals surface area contributed by atoms with Crippen molar-refractivity contribution in [2.45, 2.75) is 19.3 Å². The Bertz CT molecular complexity index is 3190. The first-order valence-corrected chi connectivity index (χ1v) is 19.9. The van der Waals surface area contributed by atoms with Crippen LogP contribution in [0, 0.1) is 0 Å². The first-order valence-electron chi connectivity index (χ1n) is 19.9. The van der Waals surface area contributed by atoms with Crippen molar-refractivity contribution in [3.63, 3.8) is 0 Å². The Morgan fingerprint density at radius 2 is 0.931 bits per heavy atom. The van der Waals surface area contributed by atoms with Crippen molar-refractivity contribution in [3.05, 3.63) is 205 Å². The number of rotatable bonds is 6. The second-order valence-corrected chi connectivity index (χ2v) is 15.8. The summed E-state index contributed by atoms with van der Waals surface area (Å²) >= 11 is 0. The van der Waals surface area contributed by atoms with Gasteiger partial charge in [-0.2, -0.15) is 0 Å². The van der Waals surface area contributed by atoms with Gasteiger partial charge in [-0.15, -0.1) is 0 Å². The van der Waals surface area contributed by atoms with Gasteiger partial charge in [-0.25, -0.2) is 9.97 Å². The highest BCUT2D eigenvalue weighted by atomic mass is 16.3. The predicted molar refractivity (Wildman–Crippen MR) is 239 cm³/mol. The van der Waals surface area contributed by atoms with E-state index in [2.05, 4.69) is 178 Å². The van der Waals surface area contributed by atoms with E-state index in [0.717, 1.165) is 77.8 Å². The molecule has 2 aromatic heterocycles. The second-order valence-electron chi connectivity index (χ2n) is 15.8.